The molecule has 2 aromatic heterocycles. The van der Waals surface area contributed by atoms with Gasteiger partial charge in [0.1, 0.15) is 0 Å². The summed E-state index contributed by atoms with van der Waals surface area (Å²) in [5, 5.41) is 4.58. The van der Waals surface area contributed by atoms with Gasteiger partial charge in [0.25, 0.3) is 0 Å². The Morgan fingerprint density at radius 2 is 2.29 bits per heavy atom. The molecule has 1 fully saturated rings. The van der Waals surface area contributed by atoms with E-state index in [1.165, 1.54) is 18.5 Å². The van der Waals surface area contributed by atoms with Crippen molar-refractivity contribution in [3.8, 4) is 5.82 Å². The van der Waals surface area contributed by atoms with Gasteiger partial charge in [0.05, 0.1) is 5.69 Å². The summed E-state index contributed by atoms with van der Waals surface area (Å²) >= 11 is 0. The third kappa shape index (κ3) is 1.96. The molecule has 1 saturated carbocycles. The van der Waals surface area contributed by atoms with E-state index in [2.05, 4.69) is 22.2 Å². The number of rotatable bonds is 3. The average Bonchev–Trinajstić information content (AvgIpc) is 3.08. The normalized spacial score (nSPS) is 15.2. The van der Waals surface area contributed by atoms with Crippen LogP contribution in [0.1, 0.15) is 35.6 Å². The molecule has 1 aliphatic rings. The van der Waals surface area contributed by atoms with E-state index in [0.717, 1.165) is 16.9 Å². The van der Waals surface area contributed by atoms with Crippen molar-refractivity contribution in [1.29, 1.82) is 0 Å². The zero-order valence-electron chi connectivity index (χ0n) is 9.93. The molecule has 0 bridgehead atoms. The molecular weight excluding hydrogens is 212 g/mol. The third-order valence-corrected chi connectivity index (χ3v) is 3.17. The van der Waals surface area contributed by atoms with Gasteiger partial charge in [0, 0.05) is 24.9 Å². The summed E-state index contributed by atoms with van der Waals surface area (Å²) in [4.78, 5) is 4.43. The van der Waals surface area contributed by atoms with E-state index in [0.29, 0.717) is 12.5 Å². The Labute approximate surface area is 100 Å². The Kier molecular flexibility index (Phi) is 2.44. The summed E-state index contributed by atoms with van der Waals surface area (Å²) in [5.74, 6) is 1.58. The Morgan fingerprint density at radius 1 is 1.47 bits per heavy atom. The lowest BCUT2D eigenvalue weighted by atomic mass is 10.2. The molecular formula is C13H16N4. The van der Waals surface area contributed by atoms with Crippen LogP contribution in [0, 0.1) is 6.92 Å². The standard InChI is InChI=1S/C13H16N4/c1-9-6-10(7-14)8-15-13(9)17-5-4-12(16-17)11-2-3-11/h4-6,8,11H,2-3,7,14H2,1H3. The Morgan fingerprint density at radius 3 is 2.94 bits per heavy atom. The number of pyridine rings is 1. The summed E-state index contributed by atoms with van der Waals surface area (Å²) in [6.07, 6.45) is 6.36. The first-order valence-corrected chi connectivity index (χ1v) is 5.99. The first kappa shape index (κ1) is 10.5. The largest absolute Gasteiger partial charge is 0.326 e. The Balaban J connectivity index is 1.96. The van der Waals surface area contributed by atoms with Gasteiger partial charge in [0.15, 0.2) is 5.82 Å². The lowest BCUT2D eigenvalue weighted by Crippen LogP contribution is -2.04. The van der Waals surface area contributed by atoms with E-state index in [1.807, 2.05) is 24.0 Å². The van der Waals surface area contributed by atoms with E-state index in [-0.39, 0.29) is 0 Å². The van der Waals surface area contributed by atoms with Crippen LogP contribution in [0.2, 0.25) is 0 Å². The van der Waals surface area contributed by atoms with E-state index in [1.54, 1.807) is 0 Å². The molecule has 17 heavy (non-hydrogen) atoms. The number of hydrogen-bond donors (Lipinski definition) is 1. The van der Waals surface area contributed by atoms with Gasteiger partial charge in [-0.25, -0.2) is 9.67 Å². The second kappa shape index (κ2) is 3.96. The summed E-state index contributed by atoms with van der Waals surface area (Å²) in [5.41, 5.74) is 8.95. The second-order valence-corrected chi connectivity index (χ2v) is 4.65. The minimum absolute atomic E-state index is 0.528. The van der Waals surface area contributed by atoms with E-state index < -0.39 is 0 Å². The van der Waals surface area contributed by atoms with Gasteiger partial charge in [-0.15, -0.1) is 0 Å². The highest BCUT2D eigenvalue weighted by Crippen LogP contribution is 2.39. The van der Waals surface area contributed by atoms with Crippen LogP contribution in [-0.4, -0.2) is 14.8 Å². The van der Waals surface area contributed by atoms with Crippen molar-refractivity contribution in [2.45, 2.75) is 32.2 Å². The van der Waals surface area contributed by atoms with Gasteiger partial charge in [-0.2, -0.15) is 5.10 Å². The molecule has 0 aliphatic heterocycles. The van der Waals surface area contributed by atoms with Crippen LogP contribution in [0.3, 0.4) is 0 Å². The van der Waals surface area contributed by atoms with Crippen LogP contribution >= 0.6 is 0 Å². The van der Waals surface area contributed by atoms with Gasteiger partial charge < -0.3 is 5.73 Å². The molecule has 0 amide bonds. The van der Waals surface area contributed by atoms with E-state index in [9.17, 15) is 0 Å². The van der Waals surface area contributed by atoms with Gasteiger partial charge in [0.2, 0.25) is 0 Å². The van der Waals surface area contributed by atoms with Crippen molar-refractivity contribution in [2.24, 2.45) is 5.73 Å². The molecule has 2 heterocycles. The van der Waals surface area contributed by atoms with Crippen LogP contribution in [-0.2, 0) is 6.54 Å². The lowest BCUT2D eigenvalue weighted by Gasteiger charge is -2.06. The van der Waals surface area contributed by atoms with Gasteiger partial charge in [-0.3, -0.25) is 0 Å². The average molecular weight is 228 g/mol. The molecule has 0 saturated heterocycles. The fourth-order valence-electron chi connectivity index (χ4n) is 2.03. The molecule has 1 aliphatic carbocycles. The summed E-state index contributed by atoms with van der Waals surface area (Å²) in [7, 11) is 0. The zero-order valence-corrected chi connectivity index (χ0v) is 9.93. The Hall–Kier alpha value is -1.68. The molecule has 0 atom stereocenters. The van der Waals surface area contributed by atoms with E-state index >= 15 is 0 Å². The maximum absolute atomic E-state index is 5.60. The molecule has 0 radical (unpaired) electrons. The highest BCUT2D eigenvalue weighted by atomic mass is 15.3. The molecule has 3 rings (SSSR count). The number of nitrogens with zero attached hydrogens (tertiary/aromatic N) is 3. The smallest absolute Gasteiger partial charge is 0.156 e. The topological polar surface area (TPSA) is 56.7 Å². The minimum Gasteiger partial charge on any atom is -0.326 e. The monoisotopic (exact) mass is 228 g/mol. The Bertz CT molecular complexity index is 540. The number of aromatic nitrogens is 3. The zero-order chi connectivity index (χ0) is 11.8. The maximum Gasteiger partial charge on any atom is 0.156 e. The molecule has 0 spiro atoms. The summed E-state index contributed by atoms with van der Waals surface area (Å²) in [6, 6.07) is 4.16. The van der Waals surface area contributed by atoms with Crippen molar-refractivity contribution >= 4 is 0 Å². The van der Waals surface area contributed by atoms with Crippen molar-refractivity contribution in [2.75, 3.05) is 0 Å². The highest BCUT2D eigenvalue weighted by molar-refractivity contribution is 5.35. The van der Waals surface area contributed by atoms with Crippen LogP contribution < -0.4 is 5.73 Å². The summed E-state index contributed by atoms with van der Waals surface area (Å²) < 4.78 is 1.86. The molecule has 88 valence electrons. The van der Waals surface area contributed by atoms with E-state index in [4.69, 9.17) is 5.73 Å². The predicted molar refractivity (Wildman–Crippen MR) is 66.0 cm³/mol. The third-order valence-electron chi connectivity index (χ3n) is 3.17. The molecule has 4 nitrogen and oxygen atoms in total. The predicted octanol–water partition coefficient (Wildman–Crippen LogP) is 1.91. The SMILES string of the molecule is Cc1cc(CN)cnc1-n1ccc(C2CC2)n1. The minimum atomic E-state index is 0.528. The van der Waals surface area contributed by atoms with Crippen molar-refractivity contribution in [3.63, 3.8) is 0 Å². The van der Waals surface area contributed by atoms with Crippen molar-refractivity contribution < 1.29 is 0 Å². The maximum atomic E-state index is 5.60. The molecule has 4 heteroatoms. The van der Waals surface area contributed by atoms with Gasteiger partial charge in [-0.1, -0.05) is 0 Å². The fraction of sp³-hybridized carbons (Fsp3) is 0.385. The van der Waals surface area contributed by atoms with Crippen LogP contribution in [0.25, 0.3) is 5.82 Å². The molecule has 0 aromatic carbocycles. The van der Waals surface area contributed by atoms with Gasteiger partial charge in [-0.05, 0) is 43.0 Å². The lowest BCUT2D eigenvalue weighted by molar-refractivity contribution is 0.803. The second-order valence-electron chi connectivity index (χ2n) is 4.65. The quantitative estimate of drug-likeness (QED) is 0.873. The first-order valence-electron chi connectivity index (χ1n) is 5.99. The molecule has 2 aromatic rings. The molecule has 0 unspecified atom stereocenters. The highest BCUT2D eigenvalue weighted by Gasteiger charge is 2.26. The van der Waals surface area contributed by atoms with Crippen molar-refractivity contribution in [3.05, 3.63) is 41.3 Å². The van der Waals surface area contributed by atoms with Crippen LogP contribution in [0.4, 0.5) is 0 Å². The fourth-order valence-corrected chi connectivity index (χ4v) is 2.03. The number of hydrogen-bond acceptors (Lipinski definition) is 3. The van der Waals surface area contributed by atoms with Crippen molar-refractivity contribution in [1.82, 2.24) is 14.8 Å². The van der Waals surface area contributed by atoms with Crippen LogP contribution in [0.15, 0.2) is 24.5 Å². The molecule has 2 N–H and O–H groups in total. The van der Waals surface area contributed by atoms with Gasteiger partial charge >= 0.3 is 0 Å². The number of nitrogens with two attached hydrogens (primary N) is 1. The van der Waals surface area contributed by atoms with Crippen LogP contribution in [0.5, 0.6) is 0 Å². The number of aryl methyl sites for hydroxylation is 1. The first-order chi connectivity index (χ1) is 8.28. The summed E-state index contributed by atoms with van der Waals surface area (Å²) in [6.45, 7) is 2.57.